The Balaban J connectivity index is 3.51. The molecular weight excluding hydrogens is 1530 g/mol. The molecule has 116 heavy (non-hydrogen) atoms. The molecule has 1 rings (SSSR count). The van der Waals surface area contributed by atoms with Crippen molar-refractivity contribution in [1.82, 2.24) is 63.4 Å². The zero-order valence-electron chi connectivity index (χ0n) is 66.5. The number of nitrogens with zero attached hydrogens (tertiary/aromatic N) is 2. The highest BCUT2D eigenvalue weighted by Crippen LogP contribution is 2.21. The Morgan fingerprint density at radius 1 is 0.405 bits per heavy atom. The fraction of sp³-hybridized carbons (Fsp3) is 0.722. The Kier molecular flexibility index (Phi) is 50.8. The molecule has 656 valence electrons. The minimum Gasteiger partial charge on any atom is -0.481 e. The fourth-order valence-electron chi connectivity index (χ4n) is 12.2. The third kappa shape index (κ3) is 43.5. The molecule has 0 aliphatic carbocycles. The van der Waals surface area contributed by atoms with E-state index in [1.165, 1.54) is 51.4 Å². The van der Waals surface area contributed by atoms with Gasteiger partial charge in [-0.15, -0.1) is 0 Å². The second-order valence-electron chi connectivity index (χ2n) is 28.8. The standard InChI is InChI=1S/C72H125N21O23/c1-4-5-6-7-8-9-10-11-12-13-14-15-16-24-56(100)81-33-18-17-21-42(83-61(106)41(73)25-29-52(74)96)62(107)90-49(38-94)68(113)86-44(26-30-53(75)97)64(109)84-43(22-19-34-82-72(79)80)63(108)91-50(39-95)69(114)87-45(27-31-54(76)98)65(110)88-47(37-58(103)104)67(112)85-46(28-32-57(101)102)66(111)89-48(36-55(77)99)71(116)93-35-20-23-51(93)70(115)92-59(40(2)3)60(78)105/h40-51,59,94-95H,4-39,73H2,1-3H3,(H2,74,96)(H2,75,97)(H2,76,98)(H2,77,99)(H2,78,105)(H,81,100)(H,83,106)(H,84,109)(H,85,112)(H,86,113)(H,87,114)(H,88,110)(H,89,111)(H,90,107)(H,91,108)(H,92,115)(H,101,102)(H,103,104)(H4,79,80,82)/t41-,42-,43-,44-,45-,46-,47-,48-,49-,50-,51-,59-/m0/s1. The molecule has 1 aliphatic heterocycles. The van der Waals surface area contributed by atoms with Crippen molar-refractivity contribution in [3.05, 3.63) is 0 Å². The molecule has 44 nitrogen and oxygen atoms in total. The van der Waals surface area contributed by atoms with Crippen molar-refractivity contribution in [3.63, 3.8) is 0 Å². The highest BCUT2D eigenvalue weighted by atomic mass is 16.4. The second-order valence-corrected chi connectivity index (χ2v) is 28.8. The summed E-state index contributed by atoms with van der Waals surface area (Å²) in [5.74, 6) is -22.8. The first-order chi connectivity index (χ1) is 54.8. The van der Waals surface area contributed by atoms with Gasteiger partial charge in [0, 0.05) is 51.7 Å². The topological polar surface area (TPSA) is 761 Å². The minimum atomic E-state index is -2.26. The minimum absolute atomic E-state index is 0.0452. The molecule has 0 aromatic carbocycles. The van der Waals surface area contributed by atoms with Crippen LogP contribution in [0, 0.1) is 5.92 Å². The first kappa shape index (κ1) is 103. The van der Waals surface area contributed by atoms with Crippen LogP contribution in [0.2, 0.25) is 0 Å². The van der Waals surface area contributed by atoms with Crippen molar-refractivity contribution in [3.8, 4) is 0 Å². The lowest BCUT2D eigenvalue weighted by Gasteiger charge is -2.30. The van der Waals surface area contributed by atoms with Crippen LogP contribution in [0.4, 0.5) is 0 Å². The van der Waals surface area contributed by atoms with Crippen LogP contribution < -0.4 is 104 Å². The molecule has 0 unspecified atom stereocenters. The molecule has 31 N–H and O–H groups in total. The highest BCUT2D eigenvalue weighted by Gasteiger charge is 2.42. The third-order valence-corrected chi connectivity index (χ3v) is 18.7. The molecule has 1 aliphatic rings. The predicted octanol–water partition coefficient (Wildman–Crippen LogP) is -6.89. The number of carboxylic acids is 2. The van der Waals surface area contributed by atoms with Gasteiger partial charge in [-0.05, 0) is 83.0 Å². The molecule has 0 aromatic rings. The Hall–Kier alpha value is -10.9. The van der Waals surface area contributed by atoms with E-state index in [1.54, 1.807) is 13.8 Å². The molecule has 1 saturated heterocycles. The number of unbranched alkanes of at least 4 members (excludes halogenated alkanes) is 13. The fourth-order valence-corrected chi connectivity index (χ4v) is 12.2. The lowest BCUT2D eigenvalue weighted by atomic mass is 10.0. The van der Waals surface area contributed by atoms with Gasteiger partial charge >= 0.3 is 11.9 Å². The summed E-state index contributed by atoms with van der Waals surface area (Å²) in [5, 5.41) is 65.9. The third-order valence-electron chi connectivity index (χ3n) is 18.7. The van der Waals surface area contributed by atoms with E-state index < -0.39 is 262 Å². The molecule has 1 fully saturated rings. The average molecular weight is 1650 g/mol. The monoisotopic (exact) mass is 1650 g/mol. The van der Waals surface area contributed by atoms with Crippen LogP contribution in [0.3, 0.4) is 0 Å². The van der Waals surface area contributed by atoms with E-state index in [2.05, 4.69) is 65.1 Å². The van der Waals surface area contributed by atoms with Gasteiger partial charge in [0.15, 0.2) is 5.96 Å². The number of nitrogens with two attached hydrogens (primary N) is 8. The van der Waals surface area contributed by atoms with Crippen LogP contribution in [0.25, 0.3) is 0 Å². The summed E-state index contributed by atoms with van der Waals surface area (Å²) in [7, 11) is 0. The van der Waals surface area contributed by atoms with Crippen molar-refractivity contribution >= 4 is 118 Å². The number of aliphatic carboxylic acids is 2. The molecule has 44 heteroatoms. The van der Waals surface area contributed by atoms with Crippen LogP contribution in [-0.2, 0) is 91.1 Å². The van der Waals surface area contributed by atoms with E-state index in [9.17, 15) is 112 Å². The number of aliphatic imine (C=N–C) groups is 1. The van der Waals surface area contributed by atoms with Gasteiger partial charge in [0.2, 0.25) is 100 Å². The van der Waals surface area contributed by atoms with Gasteiger partial charge in [-0.1, -0.05) is 97.8 Å². The number of amides is 17. The maximum Gasteiger partial charge on any atom is 0.305 e. The van der Waals surface area contributed by atoms with Crippen LogP contribution in [0.1, 0.15) is 220 Å². The summed E-state index contributed by atoms with van der Waals surface area (Å²) in [4.78, 5) is 255. The lowest BCUT2D eigenvalue weighted by molar-refractivity contribution is -0.144. The smallest absolute Gasteiger partial charge is 0.305 e. The molecule has 17 amide bonds. The molecule has 0 bridgehead atoms. The molecule has 12 atom stereocenters. The highest BCUT2D eigenvalue weighted by molar-refractivity contribution is 6.01. The first-order valence-electron chi connectivity index (χ1n) is 39.3. The summed E-state index contributed by atoms with van der Waals surface area (Å²) in [6.07, 6.45) is 8.02. The summed E-state index contributed by atoms with van der Waals surface area (Å²) in [5.41, 5.74) is 43.9. The Bertz CT molecular complexity index is 3330. The van der Waals surface area contributed by atoms with Crippen molar-refractivity contribution in [1.29, 1.82) is 0 Å². The number of rotatable bonds is 64. The van der Waals surface area contributed by atoms with Gasteiger partial charge in [-0.3, -0.25) is 96.1 Å². The van der Waals surface area contributed by atoms with Crippen LogP contribution in [0.5, 0.6) is 0 Å². The Morgan fingerprint density at radius 2 is 0.793 bits per heavy atom. The number of carbonyl (C=O) groups is 19. The molecule has 0 spiro atoms. The van der Waals surface area contributed by atoms with Gasteiger partial charge in [-0.2, -0.15) is 0 Å². The van der Waals surface area contributed by atoms with Gasteiger partial charge in [0.1, 0.15) is 66.5 Å². The molecular formula is C72H125N21O23. The van der Waals surface area contributed by atoms with Crippen LogP contribution >= 0.6 is 0 Å². The number of carboxylic acid groups (broad SMARTS) is 2. The average Bonchev–Trinajstić information content (AvgIpc) is 1.64. The Labute approximate surface area is 672 Å². The van der Waals surface area contributed by atoms with E-state index in [1.807, 2.05) is 5.32 Å². The summed E-state index contributed by atoms with van der Waals surface area (Å²) < 4.78 is 0. The number of aliphatic hydroxyl groups is 2. The molecule has 0 radical (unpaired) electrons. The second kappa shape index (κ2) is 57.2. The first-order valence-corrected chi connectivity index (χ1v) is 39.3. The van der Waals surface area contributed by atoms with Gasteiger partial charge in [-0.25, -0.2) is 0 Å². The molecule has 0 saturated carbocycles. The number of aliphatic hydroxyl groups excluding tert-OH is 2. The largest absolute Gasteiger partial charge is 0.481 e. The van der Waals surface area contributed by atoms with E-state index in [0.717, 1.165) is 30.6 Å². The number of primary amides is 5. The maximum atomic E-state index is 14.3. The number of likely N-dealkylation sites (tertiary alicyclic amines) is 1. The van der Waals surface area contributed by atoms with Crippen LogP contribution in [-0.4, -0.2) is 249 Å². The molecule has 0 aromatic heterocycles. The Morgan fingerprint density at radius 3 is 1.21 bits per heavy atom. The van der Waals surface area contributed by atoms with Crippen LogP contribution in [0.15, 0.2) is 4.99 Å². The van der Waals surface area contributed by atoms with Gasteiger partial charge in [0.25, 0.3) is 0 Å². The van der Waals surface area contributed by atoms with E-state index in [0.29, 0.717) is 19.3 Å². The summed E-state index contributed by atoms with van der Waals surface area (Å²) in [6.45, 7) is 2.77. The normalized spacial score (nSPS) is 15.2. The van der Waals surface area contributed by atoms with E-state index in [-0.39, 0.29) is 70.5 Å². The maximum absolute atomic E-state index is 14.3. The predicted molar refractivity (Wildman–Crippen MR) is 416 cm³/mol. The van der Waals surface area contributed by atoms with Crippen molar-refractivity contribution in [2.45, 2.75) is 292 Å². The number of nitrogens with one attached hydrogen (secondary N) is 11. The number of hydrogen-bond donors (Lipinski definition) is 23. The van der Waals surface area contributed by atoms with E-state index >= 15 is 0 Å². The van der Waals surface area contributed by atoms with Crippen molar-refractivity contribution < 1.29 is 112 Å². The summed E-state index contributed by atoms with van der Waals surface area (Å²) in [6, 6.07) is -21.1. The SMILES string of the molecule is CCCCCCCCCCCCCCCC(=O)NCCCC[C@H](NC(=O)[C@@H](N)CCC(N)=O)C(=O)N[C@@H](CO)C(=O)N[C@@H](CCC(N)=O)C(=O)N[C@@H](CCCN=C(N)N)C(=O)N[C@@H](CO)C(=O)N[C@@H](CCC(N)=O)C(=O)N[C@@H](CC(=O)O)C(=O)N[C@@H](CCC(=O)O)C(=O)N[C@@H](CC(N)=O)C(=O)N1CCC[C@H]1C(=O)N[C@H](C(N)=O)C(C)C. The quantitative estimate of drug-likeness (QED) is 0.0153. The zero-order valence-corrected chi connectivity index (χ0v) is 66.5. The summed E-state index contributed by atoms with van der Waals surface area (Å²) >= 11 is 0. The van der Waals surface area contributed by atoms with E-state index in [4.69, 9.17) is 45.9 Å². The molecule has 1 heterocycles. The van der Waals surface area contributed by atoms with Crippen molar-refractivity contribution in [2.24, 2.45) is 56.8 Å². The number of carbonyl (C=O) groups excluding carboxylic acids is 17. The number of hydrogen-bond acceptors (Lipinski definition) is 23. The van der Waals surface area contributed by atoms with Gasteiger partial charge < -0.3 is 130 Å². The van der Waals surface area contributed by atoms with Crippen molar-refractivity contribution in [2.75, 3.05) is 32.8 Å². The lowest BCUT2D eigenvalue weighted by Crippen LogP contribution is -2.61. The van der Waals surface area contributed by atoms with Gasteiger partial charge in [0.05, 0.1) is 32.1 Å². The zero-order chi connectivity index (χ0) is 87.6. The number of guanidine groups is 1.